The van der Waals surface area contributed by atoms with Gasteiger partial charge < -0.3 is 4.90 Å². The van der Waals surface area contributed by atoms with Crippen LogP contribution >= 0.6 is 11.8 Å². The summed E-state index contributed by atoms with van der Waals surface area (Å²) >= 11 is 1.43. The van der Waals surface area contributed by atoms with E-state index in [1.807, 2.05) is 25.1 Å². The first-order valence-corrected chi connectivity index (χ1v) is 12.6. The molecule has 1 aliphatic rings. The highest BCUT2D eigenvalue weighted by Gasteiger charge is 2.34. The number of pyridine rings is 1. The number of carbonyl (C=O) groups excluding carboxylic acids is 1. The SMILES string of the molecule is CCCCN(C(=O)CSc1cc(C)c2cccc(C)c2n1)[C@H]1CCS(=O)(=O)C1. The standard InChI is InChI=1S/C21H28N2O3S2/c1-4-5-10-23(17-9-11-28(25,26)14-17)20(24)13-27-19-12-16(3)18-8-6-7-15(2)21(18)22-19/h6-8,12,17H,4-5,9-11,13-14H2,1-3H3/t17-/m0/s1. The molecular weight excluding hydrogens is 392 g/mol. The molecule has 1 saturated heterocycles. The van der Waals surface area contributed by atoms with Crippen LogP contribution in [0.15, 0.2) is 29.3 Å². The van der Waals surface area contributed by atoms with Crippen LogP contribution in [0.4, 0.5) is 0 Å². The van der Waals surface area contributed by atoms with Crippen LogP contribution in [-0.2, 0) is 14.6 Å². The third-order valence-corrected chi connectivity index (χ3v) is 7.94. The Kier molecular flexibility index (Phi) is 6.65. The largest absolute Gasteiger partial charge is 0.338 e. The Morgan fingerprint density at radius 3 is 2.75 bits per heavy atom. The van der Waals surface area contributed by atoms with Crippen molar-refractivity contribution >= 4 is 38.4 Å². The van der Waals surface area contributed by atoms with E-state index in [1.54, 1.807) is 4.90 Å². The normalized spacial score (nSPS) is 18.5. The van der Waals surface area contributed by atoms with Gasteiger partial charge in [0, 0.05) is 18.0 Å². The van der Waals surface area contributed by atoms with E-state index >= 15 is 0 Å². The number of benzene rings is 1. The number of amides is 1. The summed E-state index contributed by atoms with van der Waals surface area (Å²) in [6, 6.07) is 7.98. The lowest BCUT2D eigenvalue weighted by Gasteiger charge is -2.28. The monoisotopic (exact) mass is 420 g/mol. The number of nitrogens with zero attached hydrogens (tertiary/aromatic N) is 2. The van der Waals surface area contributed by atoms with Crippen molar-refractivity contribution in [1.82, 2.24) is 9.88 Å². The molecule has 28 heavy (non-hydrogen) atoms. The Morgan fingerprint density at radius 1 is 1.29 bits per heavy atom. The van der Waals surface area contributed by atoms with E-state index in [1.165, 1.54) is 11.8 Å². The fourth-order valence-electron chi connectivity index (χ4n) is 3.68. The van der Waals surface area contributed by atoms with E-state index < -0.39 is 9.84 Å². The molecular formula is C21H28N2O3S2. The quantitative estimate of drug-likeness (QED) is 0.638. The molecule has 1 fully saturated rings. The molecule has 0 unspecified atom stereocenters. The summed E-state index contributed by atoms with van der Waals surface area (Å²) in [5.74, 6) is 0.569. The second-order valence-corrected chi connectivity index (χ2v) is 10.8. The van der Waals surface area contributed by atoms with Crippen LogP contribution in [0.3, 0.4) is 0 Å². The van der Waals surface area contributed by atoms with E-state index in [2.05, 4.69) is 19.9 Å². The summed E-state index contributed by atoms with van der Waals surface area (Å²) in [6.07, 6.45) is 2.41. The van der Waals surface area contributed by atoms with Crippen LogP contribution in [0.5, 0.6) is 0 Å². The van der Waals surface area contributed by atoms with Gasteiger partial charge in [0.1, 0.15) is 0 Å². The van der Waals surface area contributed by atoms with Crippen LogP contribution in [0.25, 0.3) is 10.9 Å². The van der Waals surface area contributed by atoms with Gasteiger partial charge in [-0.05, 0) is 43.9 Å². The van der Waals surface area contributed by atoms with Crippen molar-refractivity contribution in [2.75, 3.05) is 23.8 Å². The van der Waals surface area contributed by atoms with Gasteiger partial charge in [0.2, 0.25) is 5.91 Å². The predicted molar refractivity (Wildman–Crippen MR) is 116 cm³/mol. The van der Waals surface area contributed by atoms with Crippen molar-refractivity contribution in [1.29, 1.82) is 0 Å². The van der Waals surface area contributed by atoms with E-state index in [9.17, 15) is 13.2 Å². The molecule has 0 aliphatic carbocycles. The fraction of sp³-hybridized carbons (Fsp3) is 0.524. The summed E-state index contributed by atoms with van der Waals surface area (Å²) in [5.41, 5.74) is 3.24. The average molecular weight is 421 g/mol. The Morgan fingerprint density at radius 2 is 2.07 bits per heavy atom. The molecule has 3 rings (SSSR count). The predicted octanol–water partition coefficient (Wildman–Crippen LogP) is 3.76. The fourth-order valence-corrected chi connectivity index (χ4v) is 6.27. The minimum absolute atomic E-state index is 0.00452. The lowest BCUT2D eigenvalue weighted by Crippen LogP contribution is -2.42. The third kappa shape index (κ3) is 4.87. The van der Waals surface area contributed by atoms with Crippen LogP contribution in [-0.4, -0.2) is 54.1 Å². The third-order valence-electron chi connectivity index (χ3n) is 5.29. The number of para-hydroxylation sites is 1. The Hall–Kier alpha value is -1.60. The van der Waals surface area contributed by atoms with Gasteiger partial charge in [-0.1, -0.05) is 43.3 Å². The van der Waals surface area contributed by atoms with Crippen molar-refractivity contribution in [2.45, 2.75) is 51.1 Å². The molecule has 5 nitrogen and oxygen atoms in total. The Labute approximate surface area is 171 Å². The summed E-state index contributed by atoms with van der Waals surface area (Å²) in [5, 5.41) is 1.97. The molecule has 2 heterocycles. The van der Waals surface area contributed by atoms with Crippen LogP contribution in [0.2, 0.25) is 0 Å². The van der Waals surface area contributed by atoms with Gasteiger partial charge in [0.25, 0.3) is 0 Å². The molecule has 0 N–H and O–H groups in total. The van der Waals surface area contributed by atoms with Crippen molar-refractivity contribution in [2.24, 2.45) is 0 Å². The van der Waals surface area contributed by atoms with E-state index in [4.69, 9.17) is 4.98 Å². The maximum atomic E-state index is 12.9. The molecule has 1 aromatic heterocycles. The zero-order chi connectivity index (χ0) is 20.3. The number of hydrogen-bond donors (Lipinski definition) is 0. The molecule has 1 aliphatic heterocycles. The van der Waals surface area contributed by atoms with Crippen LogP contribution in [0.1, 0.15) is 37.3 Å². The second kappa shape index (κ2) is 8.82. The molecule has 1 atom stereocenters. The first-order valence-electron chi connectivity index (χ1n) is 9.80. The topological polar surface area (TPSA) is 67.3 Å². The van der Waals surface area contributed by atoms with Gasteiger partial charge in [-0.2, -0.15) is 0 Å². The first-order chi connectivity index (χ1) is 13.3. The highest BCUT2D eigenvalue weighted by Crippen LogP contribution is 2.26. The van der Waals surface area contributed by atoms with Gasteiger partial charge in [0.15, 0.2) is 9.84 Å². The number of aryl methyl sites for hydroxylation is 2. The molecule has 0 spiro atoms. The number of unbranched alkanes of at least 4 members (excludes halogenated alkanes) is 1. The number of aromatic nitrogens is 1. The lowest BCUT2D eigenvalue weighted by atomic mass is 10.1. The molecule has 152 valence electrons. The van der Waals surface area contributed by atoms with Gasteiger partial charge in [-0.15, -0.1) is 0 Å². The highest BCUT2D eigenvalue weighted by atomic mass is 32.2. The molecule has 0 saturated carbocycles. The number of fused-ring (bicyclic) bond motifs is 1. The average Bonchev–Trinajstić information content (AvgIpc) is 3.01. The maximum Gasteiger partial charge on any atom is 0.233 e. The molecule has 1 amide bonds. The lowest BCUT2D eigenvalue weighted by molar-refractivity contribution is -0.130. The molecule has 0 bridgehead atoms. The minimum atomic E-state index is -3.01. The smallest absolute Gasteiger partial charge is 0.233 e. The molecule has 2 aromatic rings. The van der Waals surface area contributed by atoms with Gasteiger partial charge in [0.05, 0.1) is 27.8 Å². The van der Waals surface area contributed by atoms with E-state index in [-0.39, 0.29) is 29.2 Å². The van der Waals surface area contributed by atoms with Gasteiger partial charge in [-0.25, -0.2) is 13.4 Å². The zero-order valence-corrected chi connectivity index (χ0v) is 18.4. The van der Waals surface area contributed by atoms with E-state index in [0.29, 0.717) is 13.0 Å². The van der Waals surface area contributed by atoms with Crippen molar-refractivity contribution < 1.29 is 13.2 Å². The van der Waals surface area contributed by atoms with Gasteiger partial charge >= 0.3 is 0 Å². The van der Waals surface area contributed by atoms with Gasteiger partial charge in [-0.3, -0.25) is 4.79 Å². The number of sulfone groups is 1. The molecule has 7 heteroatoms. The van der Waals surface area contributed by atoms with Crippen LogP contribution < -0.4 is 0 Å². The highest BCUT2D eigenvalue weighted by molar-refractivity contribution is 7.99. The second-order valence-electron chi connectivity index (χ2n) is 7.53. The van der Waals surface area contributed by atoms with Crippen molar-refractivity contribution in [3.8, 4) is 0 Å². The minimum Gasteiger partial charge on any atom is -0.338 e. The summed E-state index contributed by atoms with van der Waals surface area (Å²) in [7, 11) is -3.01. The summed E-state index contributed by atoms with van der Waals surface area (Å²) in [4.78, 5) is 19.5. The van der Waals surface area contributed by atoms with E-state index in [0.717, 1.165) is 39.9 Å². The van der Waals surface area contributed by atoms with Crippen LogP contribution in [0, 0.1) is 13.8 Å². The number of hydrogen-bond acceptors (Lipinski definition) is 5. The Bertz CT molecular complexity index is 973. The first kappa shape index (κ1) is 21.1. The molecule has 0 radical (unpaired) electrons. The van der Waals surface area contributed by atoms with Crippen molar-refractivity contribution in [3.05, 3.63) is 35.4 Å². The Balaban J connectivity index is 1.73. The number of thioether (sulfide) groups is 1. The maximum absolute atomic E-state index is 12.9. The summed E-state index contributed by atoms with van der Waals surface area (Å²) < 4.78 is 23.7. The number of carbonyl (C=O) groups is 1. The van der Waals surface area contributed by atoms with Crippen molar-refractivity contribution in [3.63, 3.8) is 0 Å². The zero-order valence-electron chi connectivity index (χ0n) is 16.8. The molecule has 1 aromatic carbocycles. The number of rotatable bonds is 7. The summed E-state index contributed by atoms with van der Waals surface area (Å²) in [6.45, 7) is 6.81.